The molecule has 1 aliphatic rings. The molecule has 0 N–H and O–H groups in total. The van der Waals surface area contributed by atoms with Gasteiger partial charge in [0.15, 0.2) is 5.78 Å². The minimum Gasteiger partial charge on any atom is -0.303 e. The Morgan fingerprint density at radius 3 is 3.12 bits per heavy atom. The second kappa shape index (κ2) is 5.60. The molecule has 1 aliphatic heterocycles. The molecule has 0 saturated carbocycles. The highest BCUT2D eigenvalue weighted by Gasteiger charge is 2.18. The van der Waals surface area contributed by atoms with Gasteiger partial charge in [0.25, 0.3) is 0 Å². The third-order valence-electron chi connectivity index (χ3n) is 3.18. The average Bonchev–Trinajstić information content (AvgIpc) is 2.89. The molecule has 0 radical (unpaired) electrons. The summed E-state index contributed by atoms with van der Waals surface area (Å²) in [5.74, 6) is 1.15. The van der Waals surface area contributed by atoms with Gasteiger partial charge in [-0.1, -0.05) is 13.0 Å². The third kappa shape index (κ3) is 3.16. The predicted molar refractivity (Wildman–Crippen MR) is 68.1 cm³/mol. The number of ketones is 1. The molecule has 0 spiro atoms. The van der Waals surface area contributed by atoms with Crippen molar-refractivity contribution in [3.8, 4) is 0 Å². The molecule has 0 amide bonds. The van der Waals surface area contributed by atoms with Gasteiger partial charge in [0.05, 0.1) is 4.88 Å². The van der Waals surface area contributed by atoms with Crippen molar-refractivity contribution < 1.29 is 4.79 Å². The smallest absolute Gasteiger partial charge is 0.172 e. The molecule has 0 aliphatic carbocycles. The molecule has 0 aromatic carbocycles. The van der Waals surface area contributed by atoms with E-state index in [1.807, 2.05) is 17.5 Å². The fraction of sp³-hybridized carbons (Fsp3) is 0.615. The van der Waals surface area contributed by atoms with Crippen LogP contribution in [-0.2, 0) is 0 Å². The van der Waals surface area contributed by atoms with Gasteiger partial charge in [0.1, 0.15) is 0 Å². The van der Waals surface area contributed by atoms with Crippen LogP contribution in [0.25, 0.3) is 0 Å². The first-order valence-electron chi connectivity index (χ1n) is 6.05. The number of likely N-dealkylation sites (tertiary alicyclic amines) is 1. The Hall–Kier alpha value is -0.670. The lowest BCUT2D eigenvalue weighted by atomic mass is 10.2. The highest BCUT2D eigenvalue weighted by molar-refractivity contribution is 7.12. The van der Waals surface area contributed by atoms with Crippen molar-refractivity contribution in [2.75, 3.05) is 19.6 Å². The summed E-state index contributed by atoms with van der Waals surface area (Å²) in [5.41, 5.74) is 0. The second-order valence-electron chi connectivity index (χ2n) is 4.70. The lowest BCUT2D eigenvalue weighted by Crippen LogP contribution is -2.22. The SMILES string of the molecule is CC1CCN(CCCC(=O)c2cccs2)C1. The van der Waals surface area contributed by atoms with Crippen molar-refractivity contribution in [3.63, 3.8) is 0 Å². The number of rotatable bonds is 5. The Balaban J connectivity index is 1.67. The van der Waals surface area contributed by atoms with Crippen molar-refractivity contribution in [2.24, 2.45) is 5.92 Å². The zero-order valence-electron chi connectivity index (χ0n) is 9.82. The molecular weight excluding hydrogens is 218 g/mol. The molecule has 16 heavy (non-hydrogen) atoms. The van der Waals surface area contributed by atoms with Gasteiger partial charge in [0.2, 0.25) is 0 Å². The zero-order chi connectivity index (χ0) is 11.4. The first-order chi connectivity index (χ1) is 7.75. The molecule has 1 aromatic rings. The Morgan fingerprint density at radius 1 is 1.62 bits per heavy atom. The topological polar surface area (TPSA) is 20.3 Å². The molecule has 2 nitrogen and oxygen atoms in total. The van der Waals surface area contributed by atoms with E-state index in [4.69, 9.17) is 0 Å². The number of nitrogens with zero attached hydrogens (tertiary/aromatic N) is 1. The van der Waals surface area contributed by atoms with E-state index in [9.17, 15) is 4.79 Å². The fourth-order valence-corrected chi connectivity index (χ4v) is 2.95. The molecule has 1 aromatic heterocycles. The maximum absolute atomic E-state index is 11.7. The number of carbonyl (C=O) groups is 1. The van der Waals surface area contributed by atoms with Gasteiger partial charge < -0.3 is 4.90 Å². The summed E-state index contributed by atoms with van der Waals surface area (Å²) in [5, 5.41) is 1.97. The standard InChI is InChI=1S/C13H19NOS/c1-11-6-8-14(10-11)7-2-4-12(15)13-5-3-9-16-13/h3,5,9,11H,2,4,6-8,10H2,1H3. The number of hydrogen-bond acceptors (Lipinski definition) is 3. The Kier molecular flexibility index (Phi) is 4.13. The fourth-order valence-electron chi connectivity index (χ4n) is 2.25. The van der Waals surface area contributed by atoms with E-state index >= 15 is 0 Å². The monoisotopic (exact) mass is 237 g/mol. The van der Waals surface area contributed by atoms with Crippen molar-refractivity contribution in [2.45, 2.75) is 26.2 Å². The Bertz CT molecular complexity index is 334. The highest BCUT2D eigenvalue weighted by atomic mass is 32.1. The van der Waals surface area contributed by atoms with E-state index in [0.717, 1.165) is 23.8 Å². The van der Waals surface area contributed by atoms with Gasteiger partial charge in [-0.05, 0) is 43.3 Å². The molecule has 0 bridgehead atoms. The van der Waals surface area contributed by atoms with Gasteiger partial charge >= 0.3 is 0 Å². The Labute approximate surface area is 101 Å². The molecule has 1 fully saturated rings. The van der Waals surface area contributed by atoms with Crippen LogP contribution < -0.4 is 0 Å². The van der Waals surface area contributed by atoms with Gasteiger partial charge in [-0.3, -0.25) is 4.79 Å². The Morgan fingerprint density at radius 2 is 2.50 bits per heavy atom. The van der Waals surface area contributed by atoms with Gasteiger partial charge in [-0.2, -0.15) is 0 Å². The van der Waals surface area contributed by atoms with Crippen LogP contribution in [-0.4, -0.2) is 30.3 Å². The lowest BCUT2D eigenvalue weighted by Gasteiger charge is -2.14. The summed E-state index contributed by atoms with van der Waals surface area (Å²) in [4.78, 5) is 15.1. The van der Waals surface area contributed by atoms with E-state index in [2.05, 4.69) is 11.8 Å². The summed E-state index contributed by atoms with van der Waals surface area (Å²) < 4.78 is 0. The van der Waals surface area contributed by atoms with Crippen molar-refractivity contribution >= 4 is 17.1 Å². The van der Waals surface area contributed by atoms with E-state index in [-0.39, 0.29) is 0 Å². The van der Waals surface area contributed by atoms with Gasteiger partial charge in [-0.25, -0.2) is 0 Å². The van der Waals surface area contributed by atoms with E-state index in [0.29, 0.717) is 12.2 Å². The van der Waals surface area contributed by atoms with E-state index in [1.165, 1.54) is 19.5 Å². The highest BCUT2D eigenvalue weighted by Crippen LogP contribution is 2.16. The van der Waals surface area contributed by atoms with E-state index in [1.54, 1.807) is 11.3 Å². The molecule has 2 rings (SSSR count). The minimum absolute atomic E-state index is 0.308. The summed E-state index contributed by atoms with van der Waals surface area (Å²) in [7, 11) is 0. The molecule has 1 unspecified atom stereocenters. The lowest BCUT2D eigenvalue weighted by molar-refractivity contribution is 0.0980. The molecule has 1 saturated heterocycles. The van der Waals surface area contributed by atoms with Crippen LogP contribution in [0.1, 0.15) is 35.9 Å². The molecular formula is C13H19NOS. The quantitative estimate of drug-likeness (QED) is 0.734. The number of thiophene rings is 1. The summed E-state index contributed by atoms with van der Waals surface area (Å²) in [6, 6.07) is 3.87. The number of carbonyl (C=O) groups excluding carboxylic acids is 1. The normalized spacial score (nSPS) is 21.4. The molecule has 2 heterocycles. The largest absolute Gasteiger partial charge is 0.303 e. The molecule has 1 atom stereocenters. The third-order valence-corrected chi connectivity index (χ3v) is 4.09. The summed E-state index contributed by atoms with van der Waals surface area (Å²) in [6.07, 6.45) is 3.02. The maximum Gasteiger partial charge on any atom is 0.172 e. The van der Waals surface area contributed by atoms with E-state index < -0.39 is 0 Å². The first kappa shape index (κ1) is 11.8. The number of Topliss-reactive ketones (excluding diaryl/α,β-unsaturated/α-hetero) is 1. The molecule has 88 valence electrons. The summed E-state index contributed by atoms with van der Waals surface area (Å²) in [6.45, 7) is 5.82. The minimum atomic E-state index is 0.308. The van der Waals surface area contributed by atoms with Crippen molar-refractivity contribution in [1.29, 1.82) is 0 Å². The predicted octanol–water partition coefficient (Wildman–Crippen LogP) is 3.05. The van der Waals surface area contributed by atoms with Crippen molar-refractivity contribution in [1.82, 2.24) is 4.90 Å². The average molecular weight is 237 g/mol. The van der Waals surface area contributed by atoms with Crippen LogP contribution in [0.2, 0.25) is 0 Å². The number of hydrogen-bond donors (Lipinski definition) is 0. The second-order valence-corrected chi connectivity index (χ2v) is 5.65. The van der Waals surface area contributed by atoms with Crippen molar-refractivity contribution in [3.05, 3.63) is 22.4 Å². The zero-order valence-corrected chi connectivity index (χ0v) is 10.6. The van der Waals surface area contributed by atoms with Crippen LogP contribution in [0, 0.1) is 5.92 Å². The first-order valence-corrected chi connectivity index (χ1v) is 6.93. The van der Waals surface area contributed by atoms with Crippen LogP contribution in [0.4, 0.5) is 0 Å². The maximum atomic E-state index is 11.7. The van der Waals surface area contributed by atoms with Crippen LogP contribution in [0.5, 0.6) is 0 Å². The summed E-state index contributed by atoms with van der Waals surface area (Å²) >= 11 is 1.55. The molecule has 3 heteroatoms. The van der Waals surface area contributed by atoms with Gasteiger partial charge in [-0.15, -0.1) is 11.3 Å². The van der Waals surface area contributed by atoms with Gasteiger partial charge in [0, 0.05) is 13.0 Å². The van der Waals surface area contributed by atoms with Crippen LogP contribution in [0.3, 0.4) is 0 Å². The van der Waals surface area contributed by atoms with Crippen LogP contribution in [0.15, 0.2) is 17.5 Å². The van der Waals surface area contributed by atoms with Crippen LogP contribution >= 0.6 is 11.3 Å².